The molecule has 256 valence electrons. The van der Waals surface area contributed by atoms with Gasteiger partial charge in [-0.15, -0.1) is 22.7 Å². The number of hydrogen-bond donors (Lipinski definition) is 4. The van der Waals surface area contributed by atoms with E-state index in [-0.39, 0.29) is 18.2 Å². The molecule has 2 fully saturated rings. The van der Waals surface area contributed by atoms with E-state index in [9.17, 15) is 28.0 Å². The van der Waals surface area contributed by atoms with Crippen molar-refractivity contribution in [3.63, 3.8) is 0 Å². The van der Waals surface area contributed by atoms with E-state index in [0.717, 1.165) is 38.4 Å². The molecule has 0 radical (unpaired) electrons. The number of alkyl halides is 2. The number of imidazole rings is 2. The fourth-order valence-electron chi connectivity index (χ4n) is 4.74. The summed E-state index contributed by atoms with van der Waals surface area (Å²) < 4.78 is 30.5. The highest BCUT2D eigenvalue weighted by Crippen LogP contribution is 2.36. The number of thiophene rings is 2. The first kappa shape index (κ1) is 35.2. The van der Waals surface area contributed by atoms with E-state index >= 15 is 0 Å². The Hall–Kier alpha value is -4.62. The molecule has 8 rings (SSSR count). The largest absolute Gasteiger partial charge is 0.499 e. The van der Waals surface area contributed by atoms with Gasteiger partial charge < -0.3 is 20.7 Å². The number of carbonyl (C=O) groups is 4. The molecular formula is C32H26BBrF2N6O6S2. The molecule has 6 heterocycles. The van der Waals surface area contributed by atoms with Gasteiger partial charge in [0.25, 0.3) is 0 Å². The molecule has 4 atom stereocenters. The maximum absolute atomic E-state index is 12.9. The Labute approximate surface area is 299 Å². The van der Waals surface area contributed by atoms with Crippen LogP contribution in [0.5, 0.6) is 0 Å². The number of halogens is 3. The maximum atomic E-state index is 12.9. The summed E-state index contributed by atoms with van der Waals surface area (Å²) >= 11 is 5.84. The minimum atomic E-state index is -1.46. The summed E-state index contributed by atoms with van der Waals surface area (Å²) in [7, 11) is -1.46. The Balaban J connectivity index is 0.000000141. The van der Waals surface area contributed by atoms with Crippen molar-refractivity contribution in [2.45, 2.75) is 25.2 Å². The van der Waals surface area contributed by atoms with Gasteiger partial charge in [-0.25, -0.2) is 18.7 Å². The van der Waals surface area contributed by atoms with Crippen LogP contribution in [0.3, 0.4) is 0 Å². The van der Waals surface area contributed by atoms with Gasteiger partial charge in [0.2, 0.25) is 11.8 Å². The van der Waals surface area contributed by atoms with Crippen molar-refractivity contribution in [3.05, 3.63) is 87.4 Å². The number of carbonyl (C=O) groups excluding carboxylic acids is 4. The molecule has 4 N–H and O–H groups in total. The first-order valence-electron chi connectivity index (χ1n) is 15.0. The molecule has 50 heavy (non-hydrogen) atoms. The smallest absolute Gasteiger partial charge is 0.423 e. The molecule has 18 heteroatoms. The first-order chi connectivity index (χ1) is 24.0. The van der Waals surface area contributed by atoms with Crippen LogP contribution in [-0.4, -0.2) is 72.7 Å². The molecule has 2 aliphatic carbocycles. The van der Waals surface area contributed by atoms with Crippen LogP contribution >= 0.6 is 38.6 Å². The molecule has 0 unspecified atom stereocenters. The lowest BCUT2D eigenvalue weighted by atomic mass is 9.90. The van der Waals surface area contributed by atoms with E-state index in [0.29, 0.717) is 44.5 Å². The van der Waals surface area contributed by atoms with E-state index in [2.05, 4.69) is 36.5 Å². The minimum Gasteiger partial charge on any atom is -0.423 e. The maximum Gasteiger partial charge on any atom is 0.499 e. The zero-order valence-corrected chi connectivity index (χ0v) is 28.9. The van der Waals surface area contributed by atoms with Crippen molar-refractivity contribution in [3.8, 4) is 10.6 Å². The number of aldehydes is 2. The lowest BCUT2D eigenvalue weighted by molar-refractivity contribution is -0.118. The molecule has 12 nitrogen and oxygen atoms in total. The normalized spacial score (nSPS) is 18.7. The molecule has 2 saturated carbocycles. The van der Waals surface area contributed by atoms with Crippen LogP contribution in [0, 0.1) is 11.8 Å². The third-order valence-corrected chi connectivity index (χ3v) is 10.3. The number of amides is 2. The number of hydrogen-bond acceptors (Lipinski definition) is 10. The first-order valence-corrected chi connectivity index (χ1v) is 17.4. The summed E-state index contributed by atoms with van der Waals surface area (Å²) in [5, 5.41) is 22.4. The Bertz CT molecular complexity index is 2210. The van der Waals surface area contributed by atoms with Crippen LogP contribution in [0.4, 0.5) is 20.4 Å². The Morgan fingerprint density at radius 1 is 0.800 bits per heavy atom. The standard InChI is InChI=1S/C16H12FN3O2S.C11H9BrFN3O.C5H5BO3S/c17-11-6-10(11)16(22)19-14-7-20-12(2-1-3-15(20)18-14)13-5-4-9(8-21)23-13;12-8-2-1-3-10-14-9(5-16(8)10)15-11(17)6-4-7(6)13;7-3-4-1-2-5(10-4)6(8)9/h1-5,7-8,10-11H,6H2,(H,19,22);1-3,5-7H,4H2,(H,15,17);1-3,8-9H/t10-,11-;6-,7-;/m00./s1. The number of nitrogens with one attached hydrogen (secondary N) is 2. The molecule has 0 spiro atoms. The second-order valence-corrected chi connectivity index (χ2v) is 14.3. The van der Waals surface area contributed by atoms with Crippen molar-refractivity contribution in [1.82, 2.24) is 18.8 Å². The molecule has 6 aromatic rings. The third-order valence-electron chi connectivity index (χ3n) is 7.55. The lowest BCUT2D eigenvalue weighted by Crippen LogP contribution is -2.26. The number of aromatic nitrogens is 4. The molecule has 6 aromatic heterocycles. The van der Waals surface area contributed by atoms with E-state index in [1.165, 1.54) is 17.4 Å². The molecule has 0 aliphatic heterocycles. The van der Waals surface area contributed by atoms with Crippen molar-refractivity contribution in [2.75, 3.05) is 10.6 Å². The lowest BCUT2D eigenvalue weighted by Gasteiger charge is -2.01. The van der Waals surface area contributed by atoms with Gasteiger partial charge in [0.05, 0.1) is 49.2 Å². The van der Waals surface area contributed by atoms with Crippen LogP contribution in [0.1, 0.15) is 32.2 Å². The van der Waals surface area contributed by atoms with E-state index < -0.39 is 31.3 Å². The second kappa shape index (κ2) is 15.1. The topological polar surface area (TPSA) is 167 Å². The van der Waals surface area contributed by atoms with Gasteiger partial charge in [0.1, 0.15) is 23.6 Å². The van der Waals surface area contributed by atoms with Crippen molar-refractivity contribution in [1.29, 1.82) is 0 Å². The number of anilines is 2. The molecule has 2 aliphatic rings. The average Bonchev–Trinajstić information content (AvgIpc) is 3.63. The molecular weight excluding hydrogens is 757 g/mol. The fraction of sp³-hybridized carbons (Fsp3) is 0.188. The third kappa shape index (κ3) is 8.22. The van der Waals surface area contributed by atoms with E-state index in [4.69, 9.17) is 10.0 Å². The van der Waals surface area contributed by atoms with Crippen LogP contribution < -0.4 is 15.4 Å². The SMILES string of the molecule is O=C(Nc1cn2c(Br)cccc2n1)[C@H]1C[C@@H]1F.O=Cc1ccc(-c2cccc3nc(NC(=O)[C@H]4C[C@@H]4F)cn23)s1.O=Cc1ccc(B(O)O)s1. The number of nitrogens with zero attached hydrogens (tertiary/aromatic N) is 4. The van der Waals surface area contributed by atoms with Gasteiger partial charge in [0, 0.05) is 4.78 Å². The van der Waals surface area contributed by atoms with Crippen molar-refractivity contribution in [2.24, 2.45) is 11.8 Å². The zero-order chi connectivity index (χ0) is 35.5. The molecule has 0 saturated heterocycles. The minimum absolute atomic E-state index is 0.286. The van der Waals surface area contributed by atoms with Gasteiger partial charge in [-0.3, -0.25) is 28.0 Å². The zero-order valence-electron chi connectivity index (χ0n) is 25.7. The van der Waals surface area contributed by atoms with Crippen molar-refractivity contribution < 1.29 is 38.0 Å². The van der Waals surface area contributed by atoms with Gasteiger partial charge >= 0.3 is 7.12 Å². The predicted octanol–water partition coefficient (Wildman–Crippen LogP) is 4.81. The predicted molar refractivity (Wildman–Crippen MR) is 190 cm³/mol. The Kier molecular flexibility index (Phi) is 10.6. The monoisotopic (exact) mass is 782 g/mol. The van der Waals surface area contributed by atoms with E-state index in [1.807, 2.05) is 46.9 Å². The summed E-state index contributed by atoms with van der Waals surface area (Å²) in [5.41, 5.74) is 2.28. The highest BCUT2D eigenvalue weighted by atomic mass is 79.9. The molecule has 0 bridgehead atoms. The van der Waals surface area contributed by atoms with Crippen LogP contribution in [0.15, 0.2) is 77.7 Å². The van der Waals surface area contributed by atoms with Gasteiger partial charge in [-0.05, 0) is 71.2 Å². The van der Waals surface area contributed by atoms with Gasteiger partial charge in [0.15, 0.2) is 24.2 Å². The van der Waals surface area contributed by atoms with Gasteiger partial charge in [-0.1, -0.05) is 18.2 Å². The summed E-state index contributed by atoms with van der Waals surface area (Å²) in [6.07, 6.45) is 3.49. The van der Waals surface area contributed by atoms with Crippen LogP contribution in [-0.2, 0) is 9.59 Å². The highest BCUT2D eigenvalue weighted by Gasteiger charge is 2.44. The fourth-order valence-corrected chi connectivity index (χ4v) is 6.72. The number of fused-ring (bicyclic) bond motifs is 2. The molecule has 2 amide bonds. The molecule has 0 aromatic carbocycles. The average molecular weight is 783 g/mol. The summed E-state index contributed by atoms with van der Waals surface area (Å²) in [6.45, 7) is 0. The van der Waals surface area contributed by atoms with Crippen molar-refractivity contribution >= 4 is 97.8 Å². The second-order valence-electron chi connectivity index (χ2n) is 11.2. The highest BCUT2D eigenvalue weighted by molar-refractivity contribution is 9.10. The Morgan fingerprint density at radius 3 is 1.80 bits per heavy atom. The summed E-state index contributed by atoms with van der Waals surface area (Å²) in [5.74, 6) is -0.830. The van der Waals surface area contributed by atoms with Crippen LogP contribution in [0.25, 0.3) is 21.9 Å². The van der Waals surface area contributed by atoms with Crippen LogP contribution in [0.2, 0.25) is 0 Å². The van der Waals surface area contributed by atoms with E-state index in [1.54, 1.807) is 28.9 Å². The number of rotatable bonds is 8. The summed E-state index contributed by atoms with van der Waals surface area (Å²) in [4.78, 5) is 54.9. The summed E-state index contributed by atoms with van der Waals surface area (Å²) in [6, 6.07) is 17.9. The van der Waals surface area contributed by atoms with Gasteiger partial charge in [-0.2, -0.15) is 0 Å². The number of pyridine rings is 2. The Morgan fingerprint density at radius 2 is 1.32 bits per heavy atom. The quantitative estimate of drug-likeness (QED) is 0.0971.